The van der Waals surface area contributed by atoms with E-state index in [2.05, 4.69) is 10.2 Å². The fourth-order valence-corrected chi connectivity index (χ4v) is 0.870. The Bertz CT molecular complexity index is 333. The molecule has 0 aromatic carbocycles. The quantitative estimate of drug-likeness (QED) is 0.685. The van der Waals surface area contributed by atoms with Crippen molar-refractivity contribution in [1.29, 1.82) is 0 Å². The molecule has 0 saturated heterocycles. The fraction of sp³-hybridized carbons (Fsp3) is 0.222. The van der Waals surface area contributed by atoms with Gasteiger partial charge in [-0.15, -0.1) is 0 Å². The summed E-state index contributed by atoms with van der Waals surface area (Å²) in [6.45, 7) is 1.99. The van der Waals surface area contributed by atoms with Gasteiger partial charge in [-0.2, -0.15) is 10.2 Å². The first-order valence-electron chi connectivity index (χ1n) is 4.01. The zero-order valence-corrected chi connectivity index (χ0v) is 7.40. The number of nitrogens with zero attached hydrogens (tertiary/aromatic N) is 2. The second-order valence-corrected chi connectivity index (χ2v) is 2.57. The van der Waals surface area contributed by atoms with Crippen LogP contribution in [0.15, 0.2) is 18.3 Å². The SMILES string of the molecule is CCc1cc(/C=C/C(N)=O)cnn1. The molecule has 0 atom stereocenters. The van der Waals surface area contributed by atoms with Crippen LogP contribution in [0.4, 0.5) is 0 Å². The summed E-state index contributed by atoms with van der Waals surface area (Å²) in [5.74, 6) is -0.463. The first kappa shape index (κ1) is 9.38. The molecule has 2 N–H and O–H groups in total. The van der Waals surface area contributed by atoms with Gasteiger partial charge in [-0.25, -0.2) is 0 Å². The maximum Gasteiger partial charge on any atom is 0.241 e. The summed E-state index contributed by atoms with van der Waals surface area (Å²) in [5.41, 5.74) is 6.68. The van der Waals surface area contributed by atoms with Crippen molar-refractivity contribution in [2.24, 2.45) is 5.73 Å². The molecule has 0 radical (unpaired) electrons. The maximum atomic E-state index is 10.4. The summed E-state index contributed by atoms with van der Waals surface area (Å²) in [6.07, 6.45) is 5.33. The summed E-state index contributed by atoms with van der Waals surface area (Å²) >= 11 is 0. The molecule has 0 spiro atoms. The number of hydrogen-bond donors (Lipinski definition) is 1. The number of primary amides is 1. The number of aromatic nitrogens is 2. The summed E-state index contributed by atoms with van der Waals surface area (Å²) in [7, 11) is 0. The summed E-state index contributed by atoms with van der Waals surface area (Å²) in [6, 6.07) is 1.87. The molecule has 0 aliphatic heterocycles. The third-order valence-electron chi connectivity index (χ3n) is 1.53. The predicted molar refractivity (Wildman–Crippen MR) is 49.6 cm³/mol. The molecule has 0 saturated carbocycles. The van der Waals surface area contributed by atoms with Crippen molar-refractivity contribution >= 4 is 12.0 Å². The lowest BCUT2D eigenvalue weighted by Gasteiger charge is -1.94. The molecule has 1 aromatic rings. The van der Waals surface area contributed by atoms with Crippen molar-refractivity contribution in [2.45, 2.75) is 13.3 Å². The number of hydrogen-bond acceptors (Lipinski definition) is 3. The van der Waals surface area contributed by atoms with E-state index in [-0.39, 0.29) is 0 Å². The highest BCUT2D eigenvalue weighted by Gasteiger charge is 1.93. The first-order valence-corrected chi connectivity index (χ1v) is 4.01. The molecule has 4 heteroatoms. The van der Waals surface area contributed by atoms with Crippen LogP contribution in [0.3, 0.4) is 0 Å². The molecule has 4 nitrogen and oxygen atoms in total. The van der Waals surface area contributed by atoms with E-state index in [1.54, 1.807) is 12.3 Å². The monoisotopic (exact) mass is 177 g/mol. The molecule has 68 valence electrons. The zero-order chi connectivity index (χ0) is 9.68. The molecular weight excluding hydrogens is 166 g/mol. The highest BCUT2D eigenvalue weighted by atomic mass is 16.1. The van der Waals surface area contributed by atoms with E-state index >= 15 is 0 Å². The van der Waals surface area contributed by atoms with E-state index < -0.39 is 5.91 Å². The number of amides is 1. The predicted octanol–water partition coefficient (Wildman–Crippen LogP) is 0.537. The average Bonchev–Trinajstić information content (AvgIpc) is 2.15. The Hall–Kier alpha value is -1.71. The van der Waals surface area contributed by atoms with Gasteiger partial charge >= 0.3 is 0 Å². The van der Waals surface area contributed by atoms with Gasteiger partial charge in [-0.05, 0) is 24.1 Å². The molecule has 1 aromatic heterocycles. The Morgan fingerprint density at radius 2 is 2.46 bits per heavy atom. The first-order chi connectivity index (χ1) is 6.22. The largest absolute Gasteiger partial charge is 0.366 e. The zero-order valence-electron chi connectivity index (χ0n) is 7.40. The molecule has 0 bridgehead atoms. The summed E-state index contributed by atoms with van der Waals surface area (Å²) in [4.78, 5) is 10.4. The van der Waals surface area contributed by atoms with Crippen LogP contribution < -0.4 is 5.73 Å². The Morgan fingerprint density at radius 3 is 3.08 bits per heavy atom. The van der Waals surface area contributed by atoms with Gasteiger partial charge in [-0.3, -0.25) is 4.79 Å². The van der Waals surface area contributed by atoms with Gasteiger partial charge in [0.2, 0.25) is 5.91 Å². The van der Waals surface area contributed by atoms with Crippen LogP contribution >= 0.6 is 0 Å². The summed E-state index contributed by atoms with van der Waals surface area (Å²) < 4.78 is 0. The maximum absolute atomic E-state index is 10.4. The van der Waals surface area contributed by atoms with E-state index in [0.717, 1.165) is 17.7 Å². The minimum absolute atomic E-state index is 0.463. The van der Waals surface area contributed by atoms with Crippen LogP contribution in [0.1, 0.15) is 18.2 Å². The topological polar surface area (TPSA) is 68.9 Å². The van der Waals surface area contributed by atoms with E-state index in [1.807, 2.05) is 13.0 Å². The second kappa shape index (κ2) is 4.35. The fourth-order valence-electron chi connectivity index (χ4n) is 0.870. The van der Waals surface area contributed by atoms with Crippen molar-refractivity contribution in [2.75, 3.05) is 0 Å². The second-order valence-electron chi connectivity index (χ2n) is 2.57. The van der Waals surface area contributed by atoms with Gasteiger partial charge in [-0.1, -0.05) is 6.92 Å². The number of carbonyl (C=O) groups excluding carboxylic acids is 1. The molecule has 1 heterocycles. The van der Waals surface area contributed by atoms with E-state index in [9.17, 15) is 4.79 Å². The minimum Gasteiger partial charge on any atom is -0.366 e. The lowest BCUT2D eigenvalue weighted by Crippen LogP contribution is -2.05. The molecule has 13 heavy (non-hydrogen) atoms. The Morgan fingerprint density at radius 1 is 1.69 bits per heavy atom. The van der Waals surface area contributed by atoms with Gasteiger partial charge in [0.15, 0.2) is 0 Å². The van der Waals surface area contributed by atoms with Gasteiger partial charge in [0, 0.05) is 6.08 Å². The van der Waals surface area contributed by atoms with Crippen LogP contribution in [0.25, 0.3) is 6.08 Å². The van der Waals surface area contributed by atoms with Crippen molar-refractivity contribution in [1.82, 2.24) is 10.2 Å². The van der Waals surface area contributed by atoms with Gasteiger partial charge < -0.3 is 5.73 Å². The number of nitrogens with two attached hydrogens (primary N) is 1. The van der Waals surface area contributed by atoms with Crippen LogP contribution in [-0.2, 0) is 11.2 Å². The van der Waals surface area contributed by atoms with Crippen molar-refractivity contribution in [3.8, 4) is 0 Å². The van der Waals surface area contributed by atoms with Gasteiger partial charge in [0.25, 0.3) is 0 Å². The van der Waals surface area contributed by atoms with Gasteiger partial charge in [0.1, 0.15) is 0 Å². The Labute approximate surface area is 76.5 Å². The molecule has 1 rings (SSSR count). The van der Waals surface area contributed by atoms with E-state index in [4.69, 9.17) is 5.73 Å². The summed E-state index contributed by atoms with van der Waals surface area (Å²) in [5, 5.41) is 7.66. The van der Waals surface area contributed by atoms with Crippen molar-refractivity contribution in [3.63, 3.8) is 0 Å². The molecular formula is C9H11N3O. The lowest BCUT2D eigenvalue weighted by atomic mass is 10.2. The third kappa shape index (κ3) is 3.02. The Kier molecular flexibility index (Phi) is 3.14. The van der Waals surface area contributed by atoms with Crippen molar-refractivity contribution in [3.05, 3.63) is 29.6 Å². The molecule has 0 fully saturated rings. The highest BCUT2D eigenvalue weighted by Crippen LogP contribution is 2.02. The number of carbonyl (C=O) groups is 1. The Balaban J connectivity index is 2.83. The normalized spacial score (nSPS) is 10.5. The van der Waals surface area contributed by atoms with Gasteiger partial charge in [0.05, 0.1) is 11.9 Å². The van der Waals surface area contributed by atoms with Crippen LogP contribution in [-0.4, -0.2) is 16.1 Å². The minimum atomic E-state index is -0.463. The highest BCUT2D eigenvalue weighted by molar-refractivity contribution is 5.90. The molecule has 0 aliphatic rings. The third-order valence-corrected chi connectivity index (χ3v) is 1.53. The lowest BCUT2D eigenvalue weighted by molar-refractivity contribution is -0.113. The van der Waals surface area contributed by atoms with E-state index in [1.165, 1.54) is 6.08 Å². The number of rotatable bonds is 3. The standard InChI is InChI=1S/C9H11N3O/c1-2-8-5-7(6-11-12-8)3-4-9(10)13/h3-6H,2H2,1H3,(H2,10,13)/b4-3+. The van der Waals surface area contributed by atoms with Crippen molar-refractivity contribution < 1.29 is 4.79 Å². The number of aryl methyl sites for hydroxylation is 1. The van der Waals surface area contributed by atoms with Crippen LogP contribution in [0.2, 0.25) is 0 Å². The van der Waals surface area contributed by atoms with Crippen LogP contribution in [0, 0.1) is 0 Å². The van der Waals surface area contributed by atoms with Crippen LogP contribution in [0.5, 0.6) is 0 Å². The van der Waals surface area contributed by atoms with E-state index in [0.29, 0.717) is 0 Å². The smallest absolute Gasteiger partial charge is 0.241 e. The molecule has 0 aliphatic carbocycles. The molecule has 1 amide bonds. The average molecular weight is 177 g/mol. The molecule has 0 unspecified atom stereocenters.